The highest BCUT2D eigenvalue weighted by Gasteiger charge is 2.44. The topological polar surface area (TPSA) is 75.2 Å². The number of pyridine rings is 1. The summed E-state index contributed by atoms with van der Waals surface area (Å²) in [4.78, 5) is 12.6. The molecule has 7 heteroatoms. The number of benzene rings is 1. The van der Waals surface area contributed by atoms with Crippen molar-refractivity contribution in [2.24, 2.45) is 0 Å². The van der Waals surface area contributed by atoms with E-state index in [2.05, 4.69) is 37.9 Å². The number of aliphatic hydroxyl groups is 1. The Hall–Kier alpha value is -1.62. The Morgan fingerprint density at radius 3 is 2.71 bits per heavy atom. The number of nitriles is 1. The molecule has 0 fully saturated rings. The molecule has 0 bridgehead atoms. The van der Waals surface area contributed by atoms with Gasteiger partial charge in [0.05, 0.1) is 22.1 Å². The summed E-state index contributed by atoms with van der Waals surface area (Å²) in [6, 6.07) is 8.08. The molecule has 0 saturated carbocycles. The van der Waals surface area contributed by atoms with Gasteiger partial charge in [-0.05, 0) is 70.0 Å². The molecule has 0 amide bonds. The SMILES string of the molecule is CC1(C)Oc2ccc(C#N)cc2[C@@H](n2cc(Br)cc(Br)c2=O)[C@@H]1O. The normalized spacial score (nSPS) is 21.5. The van der Waals surface area contributed by atoms with Crippen LogP contribution in [0, 0.1) is 11.3 Å². The Kier molecular flexibility index (Phi) is 4.32. The van der Waals surface area contributed by atoms with Crippen molar-refractivity contribution in [1.82, 2.24) is 4.57 Å². The predicted molar refractivity (Wildman–Crippen MR) is 96.1 cm³/mol. The summed E-state index contributed by atoms with van der Waals surface area (Å²) in [5.41, 5.74) is -0.113. The monoisotopic (exact) mass is 452 g/mol. The maximum atomic E-state index is 12.6. The van der Waals surface area contributed by atoms with Gasteiger partial charge in [0.25, 0.3) is 5.56 Å². The standard InChI is InChI=1S/C17H14Br2N2O3/c1-17(2)15(22)14(21-8-10(18)6-12(19)16(21)23)11-5-9(7-20)3-4-13(11)24-17/h3-6,8,14-15,22H,1-2H3/t14-,15+/m1/s1. The third-order valence-corrected chi connectivity index (χ3v) is 5.11. The summed E-state index contributed by atoms with van der Waals surface area (Å²) in [6.45, 7) is 3.54. The average molecular weight is 454 g/mol. The van der Waals surface area contributed by atoms with Crippen molar-refractivity contribution in [2.75, 3.05) is 0 Å². The number of nitrogens with zero attached hydrogens (tertiary/aromatic N) is 2. The zero-order chi connectivity index (χ0) is 17.6. The Balaban J connectivity index is 2.31. The summed E-state index contributed by atoms with van der Waals surface area (Å²) in [6.07, 6.45) is 0.656. The molecule has 0 aliphatic carbocycles. The summed E-state index contributed by atoms with van der Waals surface area (Å²) in [5.74, 6) is 0.553. The van der Waals surface area contributed by atoms with Crippen LogP contribution in [0.5, 0.6) is 5.75 Å². The van der Waals surface area contributed by atoms with E-state index in [0.717, 1.165) is 0 Å². The van der Waals surface area contributed by atoms with Crippen molar-refractivity contribution in [3.05, 3.63) is 60.9 Å². The van der Waals surface area contributed by atoms with Gasteiger partial charge in [0.2, 0.25) is 0 Å². The van der Waals surface area contributed by atoms with E-state index in [-0.39, 0.29) is 5.56 Å². The highest BCUT2D eigenvalue weighted by molar-refractivity contribution is 9.11. The van der Waals surface area contributed by atoms with Gasteiger partial charge in [0, 0.05) is 16.2 Å². The van der Waals surface area contributed by atoms with Crippen LogP contribution in [-0.4, -0.2) is 21.4 Å². The first-order valence-corrected chi connectivity index (χ1v) is 8.81. The van der Waals surface area contributed by atoms with Crippen molar-refractivity contribution in [2.45, 2.75) is 31.6 Å². The summed E-state index contributed by atoms with van der Waals surface area (Å²) in [5, 5.41) is 20.0. The van der Waals surface area contributed by atoms with Crippen molar-refractivity contribution in [3.63, 3.8) is 0 Å². The van der Waals surface area contributed by atoms with Crippen molar-refractivity contribution >= 4 is 31.9 Å². The molecule has 1 aliphatic rings. The molecule has 0 spiro atoms. The molecule has 3 rings (SSSR count). The molecule has 0 unspecified atom stereocenters. The lowest BCUT2D eigenvalue weighted by atomic mass is 9.85. The lowest BCUT2D eigenvalue weighted by molar-refractivity contribution is -0.0643. The molecule has 124 valence electrons. The van der Waals surface area contributed by atoms with E-state index in [1.54, 1.807) is 44.3 Å². The molecule has 1 N–H and O–H groups in total. The van der Waals surface area contributed by atoms with E-state index in [0.29, 0.717) is 25.8 Å². The predicted octanol–water partition coefficient (Wildman–Crippen LogP) is 3.37. The third kappa shape index (κ3) is 2.79. The Bertz CT molecular complexity index is 915. The van der Waals surface area contributed by atoms with Gasteiger partial charge in [-0.1, -0.05) is 0 Å². The minimum absolute atomic E-state index is 0.270. The van der Waals surface area contributed by atoms with Crippen LogP contribution in [-0.2, 0) is 0 Å². The number of halogens is 2. The summed E-state index contributed by atoms with van der Waals surface area (Å²) in [7, 11) is 0. The number of hydrogen-bond acceptors (Lipinski definition) is 4. The quantitative estimate of drug-likeness (QED) is 0.718. The second-order valence-corrected chi connectivity index (χ2v) is 7.95. The molecule has 0 saturated heterocycles. The number of fused-ring (bicyclic) bond motifs is 1. The van der Waals surface area contributed by atoms with Gasteiger partial charge in [-0.15, -0.1) is 0 Å². The Morgan fingerprint density at radius 1 is 1.33 bits per heavy atom. The highest BCUT2D eigenvalue weighted by Crippen LogP contribution is 2.42. The van der Waals surface area contributed by atoms with Crippen molar-refractivity contribution < 1.29 is 9.84 Å². The van der Waals surface area contributed by atoms with Crippen LogP contribution >= 0.6 is 31.9 Å². The Morgan fingerprint density at radius 2 is 2.04 bits per heavy atom. The molecule has 1 aromatic carbocycles. The van der Waals surface area contributed by atoms with Crippen LogP contribution in [0.1, 0.15) is 31.0 Å². The number of hydrogen-bond donors (Lipinski definition) is 1. The number of rotatable bonds is 1. The van der Waals surface area contributed by atoms with E-state index in [9.17, 15) is 15.2 Å². The molecular weight excluding hydrogens is 440 g/mol. The largest absolute Gasteiger partial charge is 0.485 e. The molecule has 24 heavy (non-hydrogen) atoms. The summed E-state index contributed by atoms with van der Waals surface area (Å²) >= 11 is 6.63. The van der Waals surface area contributed by atoms with E-state index in [4.69, 9.17) is 4.74 Å². The van der Waals surface area contributed by atoms with Crippen LogP contribution < -0.4 is 10.3 Å². The lowest BCUT2D eigenvalue weighted by Gasteiger charge is -2.42. The van der Waals surface area contributed by atoms with Gasteiger partial charge in [0.1, 0.15) is 17.5 Å². The van der Waals surface area contributed by atoms with E-state index in [1.807, 2.05) is 0 Å². The lowest BCUT2D eigenvalue weighted by Crippen LogP contribution is -2.52. The van der Waals surface area contributed by atoms with Gasteiger partial charge < -0.3 is 14.4 Å². The highest BCUT2D eigenvalue weighted by atomic mass is 79.9. The first kappa shape index (κ1) is 17.2. The van der Waals surface area contributed by atoms with Crippen LogP contribution in [0.4, 0.5) is 0 Å². The van der Waals surface area contributed by atoms with Crippen molar-refractivity contribution in [3.8, 4) is 11.8 Å². The third-order valence-electron chi connectivity index (χ3n) is 4.11. The number of aromatic nitrogens is 1. The fraction of sp³-hybridized carbons (Fsp3) is 0.294. The van der Waals surface area contributed by atoms with Gasteiger partial charge in [-0.3, -0.25) is 4.79 Å². The van der Waals surface area contributed by atoms with E-state index in [1.165, 1.54) is 4.57 Å². The zero-order valence-corrected chi connectivity index (χ0v) is 16.1. The zero-order valence-electron chi connectivity index (χ0n) is 13.0. The van der Waals surface area contributed by atoms with Crippen molar-refractivity contribution in [1.29, 1.82) is 5.26 Å². The second-order valence-electron chi connectivity index (χ2n) is 6.18. The van der Waals surface area contributed by atoms with E-state index >= 15 is 0 Å². The average Bonchev–Trinajstić information content (AvgIpc) is 2.52. The molecule has 1 aliphatic heterocycles. The first-order valence-electron chi connectivity index (χ1n) is 7.23. The molecular formula is C17H14Br2N2O3. The second kappa shape index (κ2) is 6.03. The minimum Gasteiger partial charge on any atom is -0.485 e. The maximum Gasteiger partial charge on any atom is 0.265 e. The molecule has 5 nitrogen and oxygen atoms in total. The molecule has 2 aromatic rings. The minimum atomic E-state index is -0.974. The maximum absolute atomic E-state index is 12.6. The van der Waals surface area contributed by atoms with Crippen LogP contribution in [0.2, 0.25) is 0 Å². The smallest absolute Gasteiger partial charge is 0.265 e. The van der Waals surface area contributed by atoms with Gasteiger partial charge in [-0.2, -0.15) is 5.26 Å². The fourth-order valence-electron chi connectivity index (χ4n) is 2.88. The number of aliphatic hydroxyl groups excluding tert-OH is 1. The van der Waals surface area contributed by atoms with Gasteiger partial charge >= 0.3 is 0 Å². The molecule has 1 aromatic heterocycles. The molecule has 2 atom stereocenters. The number of ether oxygens (including phenoxy) is 1. The van der Waals surface area contributed by atoms with Crippen LogP contribution in [0.15, 0.2) is 44.2 Å². The fourth-order valence-corrected chi connectivity index (χ4v) is 4.09. The molecule has 0 radical (unpaired) electrons. The van der Waals surface area contributed by atoms with E-state index < -0.39 is 17.7 Å². The summed E-state index contributed by atoms with van der Waals surface area (Å²) < 4.78 is 8.42. The van der Waals surface area contributed by atoms with Gasteiger partial charge in [-0.25, -0.2) is 0 Å². The first-order chi connectivity index (χ1) is 11.2. The van der Waals surface area contributed by atoms with Crippen LogP contribution in [0.3, 0.4) is 0 Å². The van der Waals surface area contributed by atoms with Gasteiger partial charge in [0.15, 0.2) is 0 Å². The Labute approximate surface area is 155 Å². The molecule has 2 heterocycles. The van der Waals surface area contributed by atoms with Crippen LogP contribution in [0.25, 0.3) is 0 Å².